The molecule has 2 aromatic heterocycles. The number of carbonyl (C=O) groups excluding carboxylic acids is 1. The predicted octanol–water partition coefficient (Wildman–Crippen LogP) is 0.831. The first-order chi connectivity index (χ1) is 7.11. The van der Waals surface area contributed by atoms with E-state index in [9.17, 15) is 14.7 Å². The van der Waals surface area contributed by atoms with Crippen LogP contribution in [0.1, 0.15) is 17.3 Å². The molecule has 0 bridgehead atoms. The third-order valence-corrected chi connectivity index (χ3v) is 2.10. The molecule has 0 spiro atoms. The van der Waals surface area contributed by atoms with Gasteiger partial charge < -0.3 is 10.1 Å². The van der Waals surface area contributed by atoms with Crippen LogP contribution in [-0.4, -0.2) is 20.9 Å². The highest BCUT2D eigenvalue weighted by Crippen LogP contribution is 2.22. The maximum absolute atomic E-state index is 11.4. The number of carbonyl (C=O) groups is 1. The van der Waals surface area contributed by atoms with E-state index in [1.165, 1.54) is 13.1 Å². The molecule has 0 aliphatic carbocycles. The third kappa shape index (κ3) is 1.38. The molecule has 5 nitrogen and oxygen atoms in total. The molecule has 0 atom stereocenters. The Morgan fingerprint density at radius 1 is 1.53 bits per heavy atom. The highest BCUT2D eigenvalue weighted by molar-refractivity contribution is 6.00. The van der Waals surface area contributed by atoms with Gasteiger partial charge in [0, 0.05) is 6.20 Å². The molecule has 0 aromatic carbocycles. The molecule has 2 rings (SSSR count). The van der Waals surface area contributed by atoms with E-state index in [2.05, 4.69) is 9.97 Å². The van der Waals surface area contributed by atoms with Gasteiger partial charge in [0.2, 0.25) is 0 Å². The van der Waals surface area contributed by atoms with Crippen molar-refractivity contribution in [1.82, 2.24) is 9.97 Å². The molecule has 0 aliphatic heterocycles. The van der Waals surface area contributed by atoms with E-state index in [1.807, 2.05) is 0 Å². The van der Waals surface area contributed by atoms with E-state index in [-0.39, 0.29) is 16.8 Å². The summed E-state index contributed by atoms with van der Waals surface area (Å²) in [6.45, 7) is 1.22. The fourth-order valence-electron chi connectivity index (χ4n) is 1.43. The molecule has 0 saturated heterocycles. The van der Waals surface area contributed by atoms with Crippen LogP contribution in [0.5, 0.6) is 5.75 Å². The number of hydrogen-bond donors (Lipinski definition) is 2. The summed E-state index contributed by atoms with van der Waals surface area (Å²) in [5.41, 5.74) is -0.214. The molecule has 0 amide bonds. The van der Waals surface area contributed by atoms with Crippen molar-refractivity contribution in [3.8, 4) is 5.75 Å². The molecule has 5 heteroatoms. The fourth-order valence-corrected chi connectivity index (χ4v) is 1.43. The van der Waals surface area contributed by atoms with Gasteiger partial charge in [0.05, 0.1) is 5.52 Å². The molecule has 0 radical (unpaired) electrons. The van der Waals surface area contributed by atoms with Crippen LogP contribution in [0.2, 0.25) is 0 Å². The van der Waals surface area contributed by atoms with Gasteiger partial charge in [-0.25, -0.2) is 0 Å². The summed E-state index contributed by atoms with van der Waals surface area (Å²) in [5, 5.41) is 9.70. The Morgan fingerprint density at radius 2 is 2.27 bits per heavy atom. The molecule has 0 unspecified atom stereocenters. The van der Waals surface area contributed by atoms with Crippen LogP contribution in [0, 0.1) is 0 Å². The summed E-state index contributed by atoms with van der Waals surface area (Å²) >= 11 is 0. The van der Waals surface area contributed by atoms with Gasteiger partial charge >= 0.3 is 0 Å². The minimum absolute atomic E-state index is 0.224. The van der Waals surface area contributed by atoms with Crippen molar-refractivity contribution in [2.75, 3.05) is 0 Å². The predicted molar refractivity (Wildman–Crippen MR) is 54.0 cm³/mol. The van der Waals surface area contributed by atoms with Crippen LogP contribution >= 0.6 is 0 Å². The Hall–Kier alpha value is -2.17. The Kier molecular flexibility index (Phi) is 2.00. The first-order valence-electron chi connectivity index (χ1n) is 4.32. The second-order valence-corrected chi connectivity index (χ2v) is 3.13. The topological polar surface area (TPSA) is 83.0 Å². The van der Waals surface area contributed by atoms with Crippen LogP contribution < -0.4 is 5.56 Å². The molecular formula is C10H8N2O3. The van der Waals surface area contributed by atoms with Crippen LogP contribution in [0.3, 0.4) is 0 Å². The molecule has 0 fully saturated rings. The number of H-pyrrole nitrogens is 1. The van der Waals surface area contributed by atoms with Crippen molar-refractivity contribution < 1.29 is 9.90 Å². The highest BCUT2D eigenvalue weighted by atomic mass is 16.3. The fraction of sp³-hybridized carbons (Fsp3) is 0.100. The van der Waals surface area contributed by atoms with Gasteiger partial charge in [0.25, 0.3) is 5.56 Å². The minimum Gasteiger partial charge on any atom is -0.505 e. The van der Waals surface area contributed by atoms with Gasteiger partial charge in [-0.15, -0.1) is 0 Å². The number of rotatable bonds is 1. The SMILES string of the molecule is CC(=O)c1c(O)c2ncccc2[nH]c1=O. The van der Waals surface area contributed by atoms with E-state index in [1.54, 1.807) is 12.1 Å². The van der Waals surface area contributed by atoms with Gasteiger partial charge in [-0.1, -0.05) is 0 Å². The highest BCUT2D eigenvalue weighted by Gasteiger charge is 2.15. The lowest BCUT2D eigenvalue weighted by atomic mass is 10.1. The van der Waals surface area contributed by atoms with Crippen molar-refractivity contribution in [3.05, 3.63) is 34.2 Å². The molecule has 15 heavy (non-hydrogen) atoms. The van der Waals surface area contributed by atoms with Crippen LogP contribution in [0.15, 0.2) is 23.1 Å². The summed E-state index contributed by atoms with van der Waals surface area (Å²) in [5.74, 6) is -0.844. The number of nitrogens with zero attached hydrogens (tertiary/aromatic N) is 1. The standard InChI is InChI=1S/C10H8N2O3/c1-5(13)7-9(14)8-6(12-10(7)15)3-2-4-11-8/h2-4H,1H3,(H2,12,14,15). The van der Waals surface area contributed by atoms with Crippen molar-refractivity contribution in [2.24, 2.45) is 0 Å². The first-order valence-corrected chi connectivity index (χ1v) is 4.32. The number of hydrogen-bond acceptors (Lipinski definition) is 4. The van der Waals surface area contributed by atoms with E-state index in [4.69, 9.17) is 0 Å². The van der Waals surface area contributed by atoms with Crippen LogP contribution in [0.4, 0.5) is 0 Å². The van der Waals surface area contributed by atoms with E-state index < -0.39 is 11.3 Å². The van der Waals surface area contributed by atoms with Gasteiger partial charge in [0.1, 0.15) is 11.1 Å². The number of Topliss-reactive ketones (excluding diaryl/α,β-unsaturated/α-hetero) is 1. The summed E-state index contributed by atoms with van der Waals surface area (Å²) in [7, 11) is 0. The number of pyridine rings is 2. The van der Waals surface area contributed by atoms with Gasteiger partial charge in [-0.05, 0) is 19.1 Å². The first kappa shape index (κ1) is 9.39. The van der Waals surface area contributed by atoms with Crippen molar-refractivity contribution in [3.63, 3.8) is 0 Å². The normalized spacial score (nSPS) is 10.5. The van der Waals surface area contributed by atoms with Crippen molar-refractivity contribution >= 4 is 16.8 Å². The number of aromatic hydroxyl groups is 1. The molecule has 0 saturated carbocycles. The Morgan fingerprint density at radius 3 is 2.93 bits per heavy atom. The molecule has 2 heterocycles. The second kappa shape index (κ2) is 3.20. The summed E-state index contributed by atoms with van der Waals surface area (Å²) in [4.78, 5) is 28.9. The lowest BCUT2D eigenvalue weighted by Crippen LogP contribution is -2.16. The Bertz CT molecular complexity index is 601. The zero-order valence-corrected chi connectivity index (χ0v) is 7.94. The zero-order valence-electron chi connectivity index (χ0n) is 7.94. The maximum Gasteiger partial charge on any atom is 0.263 e. The maximum atomic E-state index is 11.4. The second-order valence-electron chi connectivity index (χ2n) is 3.13. The lowest BCUT2D eigenvalue weighted by Gasteiger charge is -2.02. The monoisotopic (exact) mass is 204 g/mol. The lowest BCUT2D eigenvalue weighted by molar-refractivity contribution is 0.101. The molecule has 2 N–H and O–H groups in total. The number of ketones is 1. The molecule has 2 aromatic rings. The third-order valence-electron chi connectivity index (χ3n) is 2.10. The molecular weight excluding hydrogens is 196 g/mol. The quantitative estimate of drug-likeness (QED) is 0.674. The largest absolute Gasteiger partial charge is 0.505 e. The number of fused-ring (bicyclic) bond motifs is 1. The van der Waals surface area contributed by atoms with E-state index in [0.717, 1.165) is 0 Å². The summed E-state index contributed by atoms with van der Waals surface area (Å²) in [6.07, 6.45) is 1.48. The summed E-state index contributed by atoms with van der Waals surface area (Å²) < 4.78 is 0. The van der Waals surface area contributed by atoms with E-state index >= 15 is 0 Å². The Labute approximate surface area is 84.4 Å². The van der Waals surface area contributed by atoms with E-state index in [0.29, 0.717) is 5.52 Å². The number of aromatic nitrogens is 2. The van der Waals surface area contributed by atoms with Crippen molar-refractivity contribution in [1.29, 1.82) is 0 Å². The minimum atomic E-state index is -0.597. The van der Waals surface area contributed by atoms with Crippen LogP contribution in [0.25, 0.3) is 11.0 Å². The molecule has 0 aliphatic rings. The smallest absolute Gasteiger partial charge is 0.263 e. The Balaban J connectivity index is 2.97. The average molecular weight is 204 g/mol. The van der Waals surface area contributed by atoms with Gasteiger partial charge in [-0.3, -0.25) is 14.6 Å². The van der Waals surface area contributed by atoms with Crippen molar-refractivity contribution in [2.45, 2.75) is 6.92 Å². The van der Waals surface area contributed by atoms with Gasteiger partial charge in [-0.2, -0.15) is 0 Å². The number of nitrogens with one attached hydrogen (secondary N) is 1. The summed E-state index contributed by atoms with van der Waals surface area (Å²) in [6, 6.07) is 3.23. The average Bonchev–Trinajstić information content (AvgIpc) is 2.17. The zero-order chi connectivity index (χ0) is 11.0. The van der Waals surface area contributed by atoms with Crippen LogP contribution in [-0.2, 0) is 0 Å². The molecule has 76 valence electrons. The number of aromatic amines is 1. The van der Waals surface area contributed by atoms with Gasteiger partial charge in [0.15, 0.2) is 11.5 Å².